The van der Waals surface area contributed by atoms with Gasteiger partial charge in [0.2, 0.25) is 0 Å². The molecule has 2 aromatic rings. The molecule has 0 unspecified atom stereocenters. The van der Waals surface area contributed by atoms with Crippen LogP contribution in [0.1, 0.15) is 0 Å². The highest BCUT2D eigenvalue weighted by atomic mass is 19.3. The Hall–Kier alpha value is -1.85. The Morgan fingerprint density at radius 3 is 2.93 bits per heavy atom. The molecule has 1 aromatic heterocycles. The third kappa shape index (κ3) is 1.59. The highest BCUT2D eigenvalue weighted by molar-refractivity contribution is 5.75. The summed E-state index contributed by atoms with van der Waals surface area (Å²) in [4.78, 5) is 3.80. The standard InChI is InChI=1S/C8H6F2N2O2/c9-7(10)13-4-1-2-5-6(3-4)14-8(11)12-5/h1-3,7H,(H2,11,12). The van der Waals surface area contributed by atoms with Gasteiger partial charge in [-0.2, -0.15) is 13.8 Å². The van der Waals surface area contributed by atoms with Gasteiger partial charge in [-0.05, 0) is 12.1 Å². The monoisotopic (exact) mass is 200 g/mol. The molecular weight excluding hydrogens is 194 g/mol. The van der Waals surface area contributed by atoms with Crippen molar-refractivity contribution in [3.05, 3.63) is 18.2 Å². The number of rotatable bonds is 2. The average Bonchev–Trinajstić information content (AvgIpc) is 2.42. The van der Waals surface area contributed by atoms with Crippen molar-refractivity contribution in [2.45, 2.75) is 6.61 Å². The van der Waals surface area contributed by atoms with Crippen molar-refractivity contribution in [1.29, 1.82) is 0 Å². The fraction of sp³-hybridized carbons (Fsp3) is 0.125. The average molecular weight is 200 g/mol. The first kappa shape index (κ1) is 8.74. The van der Waals surface area contributed by atoms with Gasteiger partial charge in [0.25, 0.3) is 6.01 Å². The van der Waals surface area contributed by atoms with E-state index in [4.69, 9.17) is 10.2 Å². The topological polar surface area (TPSA) is 61.3 Å². The lowest BCUT2D eigenvalue weighted by atomic mass is 10.3. The molecule has 1 aromatic carbocycles. The zero-order chi connectivity index (χ0) is 10.1. The van der Waals surface area contributed by atoms with Gasteiger partial charge in [-0.15, -0.1) is 0 Å². The molecule has 0 radical (unpaired) electrons. The molecule has 0 aliphatic heterocycles. The molecule has 0 fully saturated rings. The van der Waals surface area contributed by atoms with Crippen LogP contribution >= 0.6 is 0 Å². The molecule has 1 heterocycles. The lowest BCUT2D eigenvalue weighted by Crippen LogP contribution is -2.01. The fourth-order valence-electron chi connectivity index (χ4n) is 1.10. The van der Waals surface area contributed by atoms with Crippen molar-refractivity contribution < 1.29 is 17.9 Å². The number of ether oxygens (including phenoxy) is 1. The van der Waals surface area contributed by atoms with Crippen LogP contribution in [0.25, 0.3) is 11.1 Å². The van der Waals surface area contributed by atoms with Crippen LogP contribution < -0.4 is 10.5 Å². The maximum absolute atomic E-state index is 11.8. The summed E-state index contributed by atoms with van der Waals surface area (Å²) in [6.45, 7) is -2.85. The fourth-order valence-corrected chi connectivity index (χ4v) is 1.10. The van der Waals surface area contributed by atoms with Gasteiger partial charge >= 0.3 is 6.61 Å². The first-order valence-corrected chi connectivity index (χ1v) is 3.76. The third-order valence-corrected chi connectivity index (χ3v) is 1.60. The maximum atomic E-state index is 11.8. The number of benzene rings is 1. The summed E-state index contributed by atoms with van der Waals surface area (Å²) < 4.78 is 32.8. The smallest absolute Gasteiger partial charge is 0.387 e. The first-order valence-electron chi connectivity index (χ1n) is 3.76. The number of alkyl halides is 2. The van der Waals surface area contributed by atoms with Gasteiger partial charge in [0.15, 0.2) is 5.58 Å². The minimum Gasteiger partial charge on any atom is -0.435 e. The SMILES string of the molecule is Nc1nc2ccc(OC(F)F)cc2o1. The van der Waals surface area contributed by atoms with Crippen molar-refractivity contribution in [1.82, 2.24) is 4.98 Å². The molecule has 0 aliphatic rings. The van der Waals surface area contributed by atoms with Crippen molar-refractivity contribution in [3.63, 3.8) is 0 Å². The van der Waals surface area contributed by atoms with Gasteiger partial charge in [0.05, 0.1) is 0 Å². The Morgan fingerprint density at radius 2 is 2.21 bits per heavy atom. The van der Waals surface area contributed by atoms with E-state index in [-0.39, 0.29) is 11.8 Å². The van der Waals surface area contributed by atoms with Crippen molar-refractivity contribution in [2.24, 2.45) is 0 Å². The lowest BCUT2D eigenvalue weighted by molar-refractivity contribution is -0.0497. The second kappa shape index (κ2) is 3.13. The molecule has 0 atom stereocenters. The van der Waals surface area contributed by atoms with E-state index in [1.54, 1.807) is 0 Å². The van der Waals surface area contributed by atoms with E-state index >= 15 is 0 Å². The number of hydrogen-bond donors (Lipinski definition) is 1. The number of hydrogen-bond acceptors (Lipinski definition) is 4. The molecule has 0 aliphatic carbocycles. The zero-order valence-corrected chi connectivity index (χ0v) is 6.91. The van der Waals surface area contributed by atoms with Crippen LogP contribution in [0, 0.1) is 0 Å². The Labute approximate surface area is 77.3 Å². The van der Waals surface area contributed by atoms with Gasteiger partial charge in [-0.25, -0.2) is 0 Å². The van der Waals surface area contributed by atoms with Gasteiger partial charge in [-0.3, -0.25) is 0 Å². The zero-order valence-electron chi connectivity index (χ0n) is 6.91. The maximum Gasteiger partial charge on any atom is 0.387 e. The number of nitrogen functional groups attached to an aromatic ring is 1. The second-order valence-corrected chi connectivity index (χ2v) is 2.56. The Morgan fingerprint density at radius 1 is 1.43 bits per heavy atom. The van der Waals surface area contributed by atoms with E-state index in [1.165, 1.54) is 18.2 Å². The van der Waals surface area contributed by atoms with Crippen LogP contribution in [0.15, 0.2) is 22.6 Å². The Kier molecular flexibility index (Phi) is 1.95. The molecule has 0 spiro atoms. The molecule has 2 N–H and O–H groups in total. The summed E-state index contributed by atoms with van der Waals surface area (Å²) in [5, 5.41) is 0. The molecule has 14 heavy (non-hydrogen) atoms. The molecule has 6 heteroatoms. The summed E-state index contributed by atoms with van der Waals surface area (Å²) >= 11 is 0. The normalized spacial score (nSPS) is 11.1. The number of oxazole rings is 1. The van der Waals surface area contributed by atoms with Gasteiger partial charge in [-0.1, -0.05) is 0 Å². The van der Waals surface area contributed by atoms with Crippen LogP contribution in [0.3, 0.4) is 0 Å². The summed E-state index contributed by atoms with van der Waals surface area (Å²) in [5.74, 6) is 0.0173. The lowest BCUT2D eigenvalue weighted by Gasteiger charge is -2.02. The molecule has 0 saturated heterocycles. The number of fused-ring (bicyclic) bond motifs is 1. The third-order valence-electron chi connectivity index (χ3n) is 1.60. The van der Waals surface area contributed by atoms with E-state index in [0.717, 1.165) is 0 Å². The van der Waals surface area contributed by atoms with Crippen LogP contribution in [-0.4, -0.2) is 11.6 Å². The van der Waals surface area contributed by atoms with Crippen LogP contribution in [0.5, 0.6) is 5.75 Å². The van der Waals surface area contributed by atoms with E-state index in [9.17, 15) is 8.78 Å². The van der Waals surface area contributed by atoms with Gasteiger partial charge in [0.1, 0.15) is 11.3 Å². The molecular formula is C8H6F2N2O2. The molecule has 0 saturated carbocycles. The molecule has 0 bridgehead atoms. The second-order valence-electron chi connectivity index (χ2n) is 2.56. The van der Waals surface area contributed by atoms with Crippen molar-refractivity contribution in [2.75, 3.05) is 5.73 Å². The number of nitrogens with zero attached hydrogens (tertiary/aromatic N) is 1. The molecule has 0 amide bonds. The van der Waals surface area contributed by atoms with Crippen LogP contribution in [-0.2, 0) is 0 Å². The molecule has 74 valence electrons. The number of halogens is 2. The van der Waals surface area contributed by atoms with Gasteiger partial charge in [0, 0.05) is 6.07 Å². The predicted octanol–water partition coefficient (Wildman–Crippen LogP) is 2.01. The highest BCUT2D eigenvalue weighted by Gasteiger charge is 2.07. The molecule has 4 nitrogen and oxygen atoms in total. The largest absolute Gasteiger partial charge is 0.435 e. The minimum absolute atomic E-state index is 0.00537. The van der Waals surface area contributed by atoms with Crippen LogP contribution in [0.4, 0.5) is 14.8 Å². The highest BCUT2D eigenvalue weighted by Crippen LogP contribution is 2.23. The number of nitrogens with two attached hydrogens (primary N) is 1. The summed E-state index contributed by atoms with van der Waals surface area (Å²) in [7, 11) is 0. The summed E-state index contributed by atoms with van der Waals surface area (Å²) in [5.41, 5.74) is 6.10. The molecule has 2 rings (SSSR count). The number of aromatic nitrogens is 1. The van der Waals surface area contributed by atoms with Crippen molar-refractivity contribution in [3.8, 4) is 5.75 Å². The van der Waals surface area contributed by atoms with Gasteiger partial charge < -0.3 is 14.9 Å². The van der Waals surface area contributed by atoms with Crippen LogP contribution in [0.2, 0.25) is 0 Å². The minimum atomic E-state index is -2.85. The Balaban J connectivity index is 2.40. The predicted molar refractivity (Wildman–Crippen MR) is 45.1 cm³/mol. The van der Waals surface area contributed by atoms with Crippen molar-refractivity contribution >= 4 is 17.1 Å². The quantitative estimate of drug-likeness (QED) is 0.805. The van der Waals surface area contributed by atoms with E-state index in [2.05, 4.69) is 9.72 Å². The van der Waals surface area contributed by atoms with E-state index in [0.29, 0.717) is 11.1 Å². The summed E-state index contributed by atoms with van der Waals surface area (Å²) in [6, 6.07) is 4.17. The number of anilines is 1. The Bertz CT molecular complexity index is 456. The van der Waals surface area contributed by atoms with E-state index in [1.807, 2.05) is 0 Å². The summed E-state index contributed by atoms with van der Waals surface area (Å²) in [6.07, 6.45) is 0. The first-order chi connectivity index (χ1) is 6.65. The van der Waals surface area contributed by atoms with E-state index < -0.39 is 6.61 Å².